The van der Waals surface area contributed by atoms with Gasteiger partial charge in [-0.25, -0.2) is 0 Å². The first kappa shape index (κ1) is 13.0. The lowest BCUT2D eigenvalue weighted by atomic mass is 10.1. The molecule has 0 aliphatic rings. The van der Waals surface area contributed by atoms with Crippen LogP contribution < -0.4 is 10.1 Å². The first-order valence-corrected chi connectivity index (χ1v) is 5.16. The number of para-hydroxylation sites is 1. The molecule has 1 aromatic rings. The SMILES string of the molecule is COc1ccccc1C(C#N)NCCC(=O)O. The normalized spacial score (nSPS) is 11.5. The predicted octanol–water partition coefficient (Wildman–Crippen LogP) is 1.32. The van der Waals surface area contributed by atoms with Gasteiger partial charge in [-0.2, -0.15) is 5.26 Å². The van der Waals surface area contributed by atoms with Gasteiger partial charge in [0.15, 0.2) is 0 Å². The van der Waals surface area contributed by atoms with Gasteiger partial charge in [-0.3, -0.25) is 10.1 Å². The number of rotatable bonds is 6. The Kier molecular flexibility index (Phi) is 4.98. The Hall–Kier alpha value is -2.06. The number of nitriles is 1. The van der Waals surface area contributed by atoms with Gasteiger partial charge in [0.2, 0.25) is 0 Å². The monoisotopic (exact) mass is 234 g/mol. The van der Waals surface area contributed by atoms with Gasteiger partial charge in [-0.05, 0) is 6.07 Å². The van der Waals surface area contributed by atoms with Crippen molar-refractivity contribution in [2.75, 3.05) is 13.7 Å². The molecule has 0 fully saturated rings. The Balaban J connectivity index is 2.73. The van der Waals surface area contributed by atoms with Crippen molar-refractivity contribution in [1.82, 2.24) is 5.32 Å². The molecular weight excluding hydrogens is 220 g/mol. The van der Waals surface area contributed by atoms with Gasteiger partial charge in [0.1, 0.15) is 11.8 Å². The van der Waals surface area contributed by atoms with Crippen LogP contribution in [0.4, 0.5) is 0 Å². The van der Waals surface area contributed by atoms with Gasteiger partial charge in [-0.15, -0.1) is 0 Å². The van der Waals surface area contributed by atoms with Crippen molar-refractivity contribution >= 4 is 5.97 Å². The fraction of sp³-hybridized carbons (Fsp3) is 0.333. The number of carbonyl (C=O) groups is 1. The highest BCUT2D eigenvalue weighted by Gasteiger charge is 2.14. The fourth-order valence-corrected chi connectivity index (χ4v) is 1.45. The second kappa shape index (κ2) is 6.51. The Morgan fingerprint density at radius 2 is 2.29 bits per heavy atom. The summed E-state index contributed by atoms with van der Waals surface area (Å²) in [5.41, 5.74) is 0.711. The molecule has 0 bridgehead atoms. The summed E-state index contributed by atoms with van der Waals surface area (Å²) < 4.78 is 5.15. The molecule has 0 saturated carbocycles. The quantitative estimate of drug-likeness (QED) is 0.775. The molecule has 0 saturated heterocycles. The molecule has 0 spiro atoms. The largest absolute Gasteiger partial charge is 0.496 e. The number of nitrogens with one attached hydrogen (secondary N) is 1. The standard InChI is InChI=1S/C12H14N2O3/c1-17-11-5-3-2-4-9(11)10(8-13)14-7-6-12(15)16/h2-5,10,14H,6-7H2,1H3,(H,15,16). The first-order valence-electron chi connectivity index (χ1n) is 5.16. The van der Waals surface area contributed by atoms with Crippen LogP contribution in [-0.2, 0) is 4.79 Å². The Morgan fingerprint density at radius 3 is 2.88 bits per heavy atom. The zero-order valence-corrected chi connectivity index (χ0v) is 9.51. The van der Waals surface area contributed by atoms with E-state index in [1.54, 1.807) is 18.2 Å². The minimum atomic E-state index is -0.894. The lowest BCUT2D eigenvalue weighted by Gasteiger charge is -2.14. The van der Waals surface area contributed by atoms with Gasteiger partial charge in [0.05, 0.1) is 19.6 Å². The molecule has 0 aliphatic heterocycles. The second-order valence-electron chi connectivity index (χ2n) is 3.40. The summed E-state index contributed by atoms with van der Waals surface area (Å²) in [6.07, 6.45) is -0.0205. The molecule has 1 atom stereocenters. The van der Waals surface area contributed by atoms with E-state index in [9.17, 15) is 4.79 Å². The van der Waals surface area contributed by atoms with E-state index in [1.807, 2.05) is 6.07 Å². The van der Waals surface area contributed by atoms with Crippen molar-refractivity contribution < 1.29 is 14.6 Å². The van der Waals surface area contributed by atoms with Gasteiger partial charge in [0, 0.05) is 12.1 Å². The number of carboxylic acid groups (broad SMARTS) is 1. The third-order valence-electron chi connectivity index (χ3n) is 2.27. The highest BCUT2D eigenvalue weighted by molar-refractivity contribution is 5.66. The van der Waals surface area contributed by atoms with Crippen LogP contribution in [0.5, 0.6) is 5.75 Å². The number of ether oxygens (including phenoxy) is 1. The van der Waals surface area contributed by atoms with Crippen LogP contribution in [0.1, 0.15) is 18.0 Å². The van der Waals surface area contributed by atoms with Crippen LogP contribution in [0.15, 0.2) is 24.3 Å². The Labute approximate surface area is 99.6 Å². The molecular formula is C12H14N2O3. The van der Waals surface area contributed by atoms with Crippen LogP contribution in [0, 0.1) is 11.3 Å². The summed E-state index contributed by atoms with van der Waals surface area (Å²) in [5.74, 6) is -0.281. The van der Waals surface area contributed by atoms with Gasteiger partial charge in [0.25, 0.3) is 0 Å². The molecule has 17 heavy (non-hydrogen) atoms. The van der Waals surface area contributed by atoms with E-state index in [4.69, 9.17) is 15.1 Å². The topological polar surface area (TPSA) is 82.3 Å². The number of nitrogens with zero attached hydrogens (tertiary/aromatic N) is 1. The van der Waals surface area contributed by atoms with E-state index >= 15 is 0 Å². The molecule has 2 N–H and O–H groups in total. The van der Waals surface area contributed by atoms with Crippen LogP contribution in [0.25, 0.3) is 0 Å². The number of hydrogen-bond acceptors (Lipinski definition) is 4. The maximum absolute atomic E-state index is 10.4. The number of methoxy groups -OCH3 is 1. The molecule has 0 heterocycles. The van der Waals surface area contributed by atoms with Crippen molar-refractivity contribution in [3.8, 4) is 11.8 Å². The molecule has 0 amide bonds. The van der Waals surface area contributed by atoms with E-state index in [0.29, 0.717) is 11.3 Å². The molecule has 1 unspecified atom stereocenters. The van der Waals surface area contributed by atoms with E-state index in [1.165, 1.54) is 7.11 Å². The molecule has 0 aliphatic carbocycles. The van der Waals surface area contributed by atoms with Crippen molar-refractivity contribution in [2.45, 2.75) is 12.5 Å². The summed E-state index contributed by atoms with van der Waals surface area (Å²) in [6.45, 7) is 0.242. The lowest BCUT2D eigenvalue weighted by Crippen LogP contribution is -2.23. The number of aliphatic carboxylic acids is 1. The smallest absolute Gasteiger partial charge is 0.304 e. The highest BCUT2D eigenvalue weighted by Crippen LogP contribution is 2.24. The average Bonchev–Trinajstić information content (AvgIpc) is 2.34. The van der Waals surface area contributed by atoms with Crippen LogP contribution in [0.2, 0.25) is 0 Å². The van der Waals surface area contributed by atoms with Crippen molar-refractivity contribution in [3.05, 3.63) is 29.8 Å². The molecule has 5 nitrogen and oxygen atoms in total. The maximum atomic E-state index is 10.4. The molecule has 1 aromatic carbocycles. The zero-order valence-electron chi connectivity index (χ0n) is 9.51. The summed E-state index contributed by atoms with van der Waals surface area (Å²) in [7, 11) is 1.53. The second-order valence-corrected chi connectivity index (χ2v) is 3.40. The molecule has 1 rings (SSSR count). The summed E-state index contributed by atoms with van der Waals surface area (Å²) in [4.78, 5) is 10.4. The average molecular weight is 234 g/mol. The van der Waals surface area contributed by atoms with Gasteiger partial charge in [-0.1, -0.05) is 18.2 Å². The molecule has 0 aromatic heterocycles. The molecule has 90 valence electrons. The summed E-state index contributed by atoms with van der Waals surface area (Å²) in [5, 5.41) is 20.4. The van der Waals surface area contributed by atoms with Gasteiger partial charge >= 0.3 is 5.97 Å². The van der Waals surface area contributed by atoms with Crippen molar-refractivity contribution in [3.63, 3.8) is 0 Å². The third kappa shape index (κ3) is 3.78. The van der Waals surface area contributed by atoms with E-state index < -0.39 is 12.0 Å². The lowest BCUT2D eigenvalue weighted by molar-refractivity contribution is -0.136. The van der Waals surface area contributed by atoms with Crippen molar-refractivity contribution in [2.24, 2.45) is 0 Å². The minimum Gasteiger partial charge on any atom is -0.496 e. The zero-order chi connectivity index (χ0) is 12.7. The summed E-state index contributed by atoms with van der Waals surface area (Å²) in [6, 6.07) is 8.68. The summed E-state index contributed by atoms with van der Waals surface area (Å²) >= 11 is 0. The maximum Gasteiger partial charge on any atom is 0.304 e. The van der Waals surface area contributed by atoms with E-state index in [0.717, 1.165) is 0 Å². The highest BCUT2D eigenvalue weighted by atomic mass is 16.5. The first-order chi connectivity index (χ1) is 8.19. The predicted molar refractivity (Wildman–Crippen MR) is 61.6 cm³/mol. The Morgan fingerprint density at radius 1 is 1.59 bits per heavy atom. The van der Waals surface area contributed by atoms with Crippen LogP contribution in [-0.4, -0.2) is 24.7 Å². The molecule has 5 heteroatoms. The van der Waals surface area contributed by atoms with Crippen LogP contribution in [0.3, 0.4) is 0 Å². The van der Waals surface area contributed by atoms with E-state index in [-0.39, 0.29) is 13.0 Å². The Bertz CT molecular complexity index is 426. The van der Waals surface area contributed by atoms with Gasteiger partial charge < -0.3 is 9.84 Å². The number of benzene rings is 1. The van der Waals surface area contributed by atoms with Crippen LogP contribution >= 0.6 is 0 Å². The van der Waals surface area contributed by atoms with Crippen molar-refractivity contribution in [1.29, 1.82) is 5.26 Å². The fourth-order valence-electron chi connectivity index (χ4n) is 1.45. The number of carboxylic acids is 1. The number of hydrogen-bond donors (Lipinski definition) is 2. The minimum absolute atomic E-state index is 0.0205. The molecule has 0 radical (unpaired) electrons. The van der Waals surface area contributed by atoms with E-state index in [2.05, 4.69) is 11.4 Å². The third-order valence-corrected chi connectivity index (χ3v) is 2.27.